The minimum atomic E-state index is -1.14. The van der Waals surface area contributed by atoms with Gasteiger partial charge >= 0.3 is 5.97 Å². The van der Waals surface area contributed by atoms with Crippen molar-refractivity contribution in [1.82, 2.24) is 9.97 Å². The summed E-state index contributed by atoms with van der Waals surface area (Å²) in [6, 6.07) is 5.01. The summed E-state index contributed by atoms with van der Waals surface area (Å²) in [7, 11) is 0. The van der Waals surface area contributed by atoms with Gasteiger partial charge in [0.15, 0.2) is 17.0 Å². The number of aromatic carboxylic acids is 1. The number of nitrogens with zero attached hydrogens (tertiary/aromatic N) is 3. The molecule has 4 rings (SSSR count). The first kappa shape index (κ1) is 21.8. The first-order valence-corrected chi connectivity index (χ1v) is 10.8. The molecule has 1 fully saturated rings. The summed E-state index contributed by atoms with van der Waals surface area (Å²) >= 11 is 0. The van der Waals surface area contributed by atoms with E-state index in [2.05, 4.69) is 34.0 Å². The highest BCUT2D eigenvalue weighted by molar-refractivity contribution is 5.91. The van der Waals surface area contributed by atoms with Crippen LogP contribution in [0.1, 0.15) is 61.3 Å². The molecule has 1 aliphatic heterocycles. The Balaban J connectivity index is 1.75. The van der Waals surface area contributed by atoms with Crippen molar-refractivity contribution in [2.24, 2.45) is 5.41 Å². The van der Waals surface area contributed by atoms with Crippen molar-refractivity contribution in [2.75, 3.05) is 23.3 Å². The Hall–Kier alpha value is -3.42. The summed E-state index contributed by atoms with van der Waals surface area (Å²) in [5, 5.41) is 13.1. The average molecular weight is 437 g/mol. The van der Waals surface area contributed by atoms with Crippen molar-refractivity contribution in [3.63, 3.8) is 0 Å². The summed E-state index contributed by atoms with van der Waals surface area (Å²) in [6.07, 6.45) is 4.69. The summed E-state index contributed by atoms with van der Waals surface area (Å²) in [5.74, 6) is -0.567. The number of carbonyl (C=O) groups is 1. The van der Waals surface area contributed by atoms with Crippen LogP contribution in [0.5, 0.6) is 0 Å². The molecule has 1 aliphatic rings. The van der Waals surface area contributed by atoms with Crippen LogP contribution in [-0.4, -0.2) is 34.1 Å². The smallest absolute Gasteiger partial charge is 0.356 e. The largest absolute Gasteiger partial charge is 0.476 e. The van der Waals surface area contributed by atoms with Crippen LogP contribution in [-0.2, 0) is 0 Å². The first-order chi connectivity index (χ1) is 15.1. The van der Waals surface area contributed by atoms with Gasteiger partial charge in [-0.2, -0.15) is 0 Å². The van der Waals surface area contributed by atoms with Gasteiger partial charge in [-0.25, -0.2) is 14.8 Å². The highest BCUT2D eigenvalue weighted by Crippen LogP contribution is 2.34. The average Bonchev–Trinajstić information content (AvgIpc) is 2.74. The van der Waals surface area contributed by atoms with Crippen LogP contribution >= 0.6 is 0 Å². The minimum absolute atomic E-state index is 0.0856. The monoisotopic (exact) mass is 436 g/mol. The van der Waals surface area contributed by atoms with Crippen molar-refractivity contribution < 1.29 is 14.3 Å². The molecule has 168 valence electrons. The van der Waals surface area contributed by atoms with Gasteiger partial charge in [-0.05, 0) is 43.7 Å². The Morgan fingerprint density at radius 1 is 1.25 bits per heavy atom. The van der Waals surface area contributed by atoms with E-state index in [-0.39, 0.29) is 22.6 Å². The van der Waals surface area contributed by atoms with Gasteiger partial charge in [-0.3, -0.25) is 4.79 Å². The van der Waals surface area contributed by atoms with Crippen molar-refractivity contribution in [3.8, 4) is 0 Å². The fourth-order valence-corrected chi connectivity index (χ4v) is 4.15. The highest BCUT2D eigenvalue weighted by atomic mass is 16.4. The number of nitrogens with one attached hydrogen (secondary N) is 1. The minimum Gasteiger partial charge on any atom is -0.476 e. The number of carboxylic acid groups (broad SMARTS) is 1. The molecule has 1 atom stereocenters. The van der Waals surface area contributed by atoms with Crippen LogP contribution in [0.4, 0.5) is 11.6 Å². The molecule has 1 saturated heterocycles. The second-order valence-electron chi connectivity index (χ2n) is 9.29. The van der Waals surface area contributed by atoms with Gasteiger partial charge in [0.25, 0.3) is 0 Å². The lowest BCUT2D eigenvalue weighted by molar-refractivity contribution is 0.0691. The molecule has 0 saturated carbocycles. The molecule has 0 spiro atoms. The molecule has 1 aromatic carbocycles. The van der Waals surface area contributed by atoms with Crippen LogP contribution in [0.25, 0.3) is 11.0 Å². The lowest BCUT2D eigenvalue weighted by Crippen LogP contribution is -2.37. The standard InChI is InChI=1S/C24H28N4O4/c1-14-9-16(15(2)27-18-12-25-13-26-21(18)23(30)31)22-17(10-14)19(29)11-20(32-22)28-7-5-24(3,4)6-8-28/h9-13,15,27H,5-8H2,1-4H3,(H,30,31)/t15-/m1/s1. The second-order valence-corrected chi connectivity index (χ2v) is 9.29. The molecule has 8 nitrogen and oxygen atoms in total. The third-order valence-electron chi connectivity index (χ3n) is 6.17. The van der Waals surface area contributed by atoms with Gasteiger partial charge in [0.1, 0.15) is 11.9 Å². The van der Waals surface area contributed by atoms with Gasteiger partial charge in [0.05, 0.1) is 23.3 Å². The third-order valence-corrected chi connectivity index (χ3v) is 6.17. The third kappa shape index (κ3) is 4.30. The number of rotatable bonds is 5. The summed E-state index contributed by atoms with van der Waals surface area (Å²) < 4.78 is 6.31. The number of benzene rings is 1. The molecule has 0 aliphatic carbocycles. The first-order valence-electron chi connectivity index (χ1n) is 10.8. The van der Waals surface area contributed by atoms with Crippen molar-refractivity contribution >= 4 is 28.5 Å². The molecule has 0 unspecified atom stereocenters. The molecule has 2 aromatic heterocycles. The Morgan fingerprint density at radius 2 is 1.97 bits per heavy atom. The van der Waals surface area contributed by atoms with E-state index in [1.807, 2.05) is 26.0 Å². The summed E-state index contributed by atoms with van der Waals surface area (Å²) in [5.41, 5.74) is 2.60. The molecular weight excluding hydrogens is 408 g/mol. The molecule has 32 heavy (non-hydrogen) atoms. The maximum Gasteiger partial charge on any atom is 0.356 e. The molecule has 0 amide bonds. The summed E-state index contributed by atoms with van der Waals surface area (Å²) in [6.45, 7) is 9.99. The SMILES string of the molecule is Cc1cc([C@@H](C)Nc2cncnc2C(=O)O)c2oc(N3CCC(C)(C)CC3)cc(=O)c2c1. The van der Waals surface area contributed by atoms with Crippen molar-refractivity contribution in [1.29, 1.82) is 0 Å². The number of aromatic nitrogens is 2. The van der Waals surface area contributed by atoms with E-state index in [0.717, 1.165) is 37.1 Å². The number of aryl methyl sites for hydroxylation is 1. The van der Waals surface area contributed by atoms with Gasteiger partial charge in [0, 0.05) is 24.7 Å². The predicted octanol–water partition coefficient (Wildman–Crippen LogP) is 4.39. The van der Waals surface area contributed by atoms with Crippen LogP contribution in [0.3, 0.4) is 0 Å². The molecule has 0 bridgehead atoms. The molecule has 8 heteroatoms. The number of anilines is 2. The zero-order valence-electron chi connectivity index (χ0n) is 18.8. The maximum absolute atomic E-state index is 13.0. The van der Waals surface area contributed by atoms with Crippen LogP contribution in [0, 0.1) is 12.3 Å². The Bertz CT molecular complexity index is 1220. The van der Waals surface area contributed by atoms with E-state index in [1.165, 1.54) is 12.5 Å². The molecular formula is C24H28N4O4. The Kier molecular flexibility index (Phi) is 5.62. The fourth-order valence-electron chi connectivity index (χ4n) is 4.15. The van der Waals surface area contributed by atoms with E-state index in [4.69, 9.17) is 4.42 Å². The maximum atomic E-state index is 13.0. The van der Waals surface area contributed by atoms with E-state index < -0.39 is 5.97 Å². The van der Waals surface area contributed by atoms with Gasteiger partial charge in [-0.15, -0.1) is 0 Å². The van der Waals surface area contributed by atoms with E-state index in [0.29, 0.717) is 22.5 Å². The van der Waals surface area contributed by atoms with Gasteiger partial charge < -0.3 is 19.7 Å². The Morgan fingerprint density at radius 3 is 2.66 bits per heavy atom. The number of hydrogen-bond donors (Lipinski definition) is 2. The Labute approximate surface area is 186 Å². The molecule has 2 N–H and O–H groups in total. The van der Waals surface area contributed by atoms with Crippen LogP contribution < -0.4 is 15.6 Å². The molecule has 3 aromatic rings. The van der Waals surface area contributed by atoms with E-state index in [9.17, 15) is 14.7 Å². The number of piperidine rings is 1. The van der Waals surface area contributed by atoms with Gasteiger partial charge in [0.2, 0.25) is 0 Å². The zero-order valence-corrected chi connectivity index (χ0v) is 18.8. The van der Waals surface area contributed by atoms with Crippen LogP contribution in [0.2, 0.25) is 0 Å². The number of hydrogen-bond acceptors (Lipinski definition) is 7. The van der Waals surface area contributed by atoms with E-state index in [1.54, 1.807) is 6.07 Å². The van der Waals surface area contributed by atoms with E-state index >= 15 is 0 Å². The molecule has 0 radical (unpaired) electrons. The summed E-state index contributed by atoms with van der Waals surface area (Å²) in [4.78, 5) is 34.4. The normalized spacial score (nSPS) is 16.7. The van der Waals surface area contributed by atoms with Crippen molar-refractivity contribution in [3.05, 3.63) is 57.8 Å². The lowest BCUT2D eigenvalue weighted by atomic mass is 9.83. The fraction of sp³-hybridized carbons (Fsp3) is 0.417. The highest BCUT2D eigenvalue weighted by Gasteiger charge is 2.27. The number of fused-ring (bicyclic) bond motifs is 1. The lowest BCUT2D eigenvalue weighted by Gasteiger charge is -2.37. The number of carboxylic acids is 1. The topological polar surface area (TPSA) is 109 Å². The molecule has 3 heterocycles. The zero-order chi connectivity index (χ0) is 23.0. The second kappa shape index (κ2) is 8.26. The predicted molar refractivity (Wildman–Crippen MR) is 123 cm³/mol. The quantitative estimate of drug-likeness (QED) is 0.606. The van der Waals surface area contributed by atoms with Crippen molar-refractivity contribution in [2.45, 2.75) is 46.6 Å². The van der Waals surface area contributed by atoms with Crippen LogP contribution in [0.15, 0.2) is 39.9 Å². The van der Waals surface area contributed by atoms with Gasteiger partial charge in [-0.1, -0.05) is 19.9 Å².